The van der Waals surface area contributed by atoms with Gasteiger partial charge >= 0.3 is 0 Å². The lowest BCUT2D eigenvalue weighted by molar-refractivity contribution is 0.342. The first-order chi connectivity index (χ1) is 10.2. The first-order valence-electron chi connectivity index (χ1n) is 6.97. The Morgan fingerprint density at radius 1 is 1.38 bits per heavy atom. The Bertz CT molecular complexity index is 788. The van der Waals surface area contributed by atoms with Crippen LogP contribution in [-0.2, 0) is 6.54 Å². The minimum absolute atomic E-state index is 0.201. The number of thiazole rings is 1. The number of anilines is 1. The second-order valence-electron chi connectivity index (χ2n) is 5.62. The average Bonchev–Trinajstić information content (AvgIpc) is 2.98. The van der Waals surface area contributed by atoms with Gasteiger partial charge in [0.05, 0.1) is 16.4 Å². The van der Waals surface area contributed by atoms with Gasteiger partial charge in [0, 0.05) is 31.7 Å². The monoisotopic (exact) mass is 302 g/mol. The molecular weight excluding hydrogens is 287 g/mol. The van der Waals surface area contributed by atoms with Crippen LogP contribution in [0.5, 0.6) is 0 Å². The fourth-order valence-corrected chi connectivity index (χ4v) is 3.70. The standard InChI is InChI=1S/C15H15FN4S/c1-10-5-17-20(6-10)9-11-7-19(8-11)15-18-13-3-2-12(16)4-14(13)21-15/h2-6,11H,7-9H2,1H3. The van der Waals surface area contributed by atoms with Crippen LogP contribution in [0.4, 0.5) is 9.52 Å². The summed E-state index contributed by atoms with van der Waals surface area (Å²) in [7, 11) is 0. The van der Waals surface area contributed by atoms with Crippen molar-refractivity contribution >= 4 is 26.7 Å². The summed E-state index contributed by atoms with van der Waals surface area (Å²) in [6, 6.07) is 4.76. The molecule has 0 aliphatic carbocycles. The number of halogens is 1. The molecule has 0 spiro atoms. The van der Waals surface area contributed by atoms with Gasteiger partial charge in [0.15, 0.2) is 5.13 Å². The molecule has 4 nitrogen and oxygen atoms in total. The molecule has 0 amide bonds. The molecule has 0 atom stereocenters. The summed E-state index contributed by atoms with van der Waals surface area (Å²) in [5.41, 5.74) is 2.07. The van der Waals surface area contributed by atoms with Gasteiger partial charge in [-0.15, -0.1) is 0 Å². The molecule has 6 heteroatoms. The van der Waals surface area contributed by atoms with Gasteiger partial charge in [-0.2, -0.15) is 5.10 Å². The third kappa shape index (κ3) is 2.40. The second-order valence-corrected chi connectivity index (χ2v) is 6.63. The summed E-state index contributed by atoms with van der Waals surface area (Å²) in [5.74, 6) is 0.404. The molecule has 3 aromatic rings. The lowest BCUT2D eigenvalue weighted by atomic mass is 10.0. The van der Waals surface area contributed by atoms with Gasteiger partial charge in [-0.05, 0) is 30.7 Å². The number of nitrogens with zero attached hydrogens (tertiary/aromatic N) is 4. The predicted octanol–water partition coefficient (Wildman–Crippen LogP) is 3.08. The van der Waals surface area contributed by atoms with Crippen LogP contribution >= 0.6 is 11.3 Å². The van der Waals surface area contributed by atoms with Crippen molar-refractivity contribution in [1.29, 1.82) is 0 Å². The maximum atomic E-state index is 13.2. The summed E-state index contributed by atoms with van der Waals surface area (Å²) < 4.78 is 16.1. The fraction of sp³-hybridized carbons (Fsp3) is 0.333. The second kappa shape index (κ2) is 4.80. The topological polar surface area (TPSA) is 34.0 Å². The molecule has 0 saturated carbocycles. The summed E-state index contributed by atoms with van der Waals surface area (Å²) in [5, 5.41) is 5.31. The zero-order chi connectivity index (χ0) is 14.4. The molecule has 1 fully saturated rings. The smallest absolute Gasteiger partial charge is 0.186 e. The SMILES string of the molecule is Cc1cnn(CC2CN(c3nc4ccc(F)cc4s3)C2)c1. The van der Waals surface area contributed by atoms with Gasteiger partial charge in [-0.25, -0.2) is 9.37 Å². The number of rotatable bonds is 3. The summed E-state index contributed by atoms with van der Waals surface area (Å²) >= 11 is 1.56. The van der Waals surface area contributed by atoms with Gasteiger partial charge in [0.25, 0.3) is 0 Å². The average molecular weight is 302 g/mol. The highest BCUT2D eigenvalue weighted by Gasteiger charge is 2.29. The Morgan fingerprint density at radius 3 is 3.00 bits per heavy atom. The van der Waals surface area contributed by atoms with Crippen LogP contribution in [0.25, 0.3) is 10.2 Å². The van der Waals surface area contributed by atoms with Gasteiger partial charge in [-0.1, -0.05) is 11.3 Å². The molecular formula is C15H15FN4S. The number of hydrogen-bond acceptors (Lipinski definition) is 4. The van der Waals surface area contributed by atoms with E-state index in [1.54, 1.807) is 23.5 Å². The van der Waals surface area contributed by atoms with Crippen molar-refractivity contribution in [1.82, 2.24) is 14.8 Å². The molecule has 108 valence electrons. The number of aryl methyl sites for hydroxylation is 1. The minimum atomic E-state index is -0.201. The van der Waals surface area contributed by atoms with E-state index in [2.05, 4.69) is 28.1 Å². The van der Waals surface area contributed by atoms with Crippen molar-refractivity contribution in [2.75, 3.05) is 18.0 Å². The Hall–Kier alpha value is -1.95. The number of aromatic nitrogens is 3. The van der Waals surface area contributed by atoms with Crippen LogP contribution in [0.2, 0.25) is 0 Å². The van der Waals surface area contributed by atoms with Gasteiger partial charge in [0.2, 0.25) is 0 Å². The van der Waals surface area contributed by atoms with Gasteiger partial charge in [0.1, 0.15) is 5.82 Å². The molecule has 2 aromatic heterocycles. The van der Waals surface area contributed by atoms with E-state index < -0.39 is 0 Å². The van der Waals surface area contributed by atoms with Crippen LogP contribution in [0.1, 0.15) is 5.56 Å². The highest BCUT2D eigenvalue weighted by molar-refractivity contribution is 7.22. The number of fused-ring (bicyclic) bond motifs is 1. The van der Waals surface area contributed by atoms with E-state index in [9.17, 15) is 4.39 Å². The Balaban J connectivity index is 1.44. The van der Waals surface area contributed by atoms with Crippen LogP contribution in [0.3, 0.4) is 0 Å². The zero-order valence-electron chi connectivity index (χ0n) is 11.7. The van der Waals surface area contributed by atoms with Crippen LogP contribution in [0.15, 0.2) is 30.6 Å². The predicted molar refractivity (Wildman–Crippen MR) is 82.2 cm³/mol. The molecule has 1 saturated heterocycles. The Morgan fingerprint density at radius 2 is 2.24 bits per heavy atom. The molecule has 1 aliphatic rings. The van der Waals surface area contributed by atoms with Crippen LogP contribution in [-0.4, -0.2) is 27.9 Å². The molecule has 0 bridgehead atoms. The largest absolute Gasteiger partial charge is 0.347 e. The molecule has 1 aromatic carbocycles. The van der Waals surface area contributed by atoms with Crippen LogP contribution < -0.4 is 4.90 Å². The van der Waals surface area contributed by atoms with E-state index in [1.807, 2.05) is 10.9 Å². The van der Waals surface area contributed by atoms with Crippen molar-refractivity contribution < 1.29 is 4.39 Å². The van der Waals surface area contributed by atoms with Crippen molar-refractivity contribution in [2.45, 2.75) is 13.5 Å². The van der Waals surface area contributed by atoms with Crippen molar-refractivity contribution in [3.8, 4) is 0 Å². The van der Waals surface area contributed by atoms with Crippen LogP contribution in [0, 0.1) is 18.7 Å². The zero-order valence-corrected chi connectivity index (χ0v) is 12.5. The molecule has 3 heterocycles. The normalized spacial score (nSPS) is 15.6. The maximum absolute atomic E-state index is 13.2. The van der Waals surface area contributed by atoms with E-state index >= 15 is 0 Å². The van der Waals surface area contributed by atoms with E-state index in [1.165, 1.54) is 11.6 Å². The highest BCUT2D eigenvalue weighted by atomic mass is 32.1. The van der Waals surface area contributed by atoms with Gasteiger partial charge in [-0.3, -0.25) is 4.68 Å². The third-order valence-corrected chi connectivity index (χ3v) is 4.85. The quantitative estimate of drug-likeness (QED) is 0.745. The first-order valence-corrected chi connectivity index (χ1v) is 7.79. The lowest BCUT2D eigenvalue weighted by Crippen LogP contribution is -2.48. The van der Waals surface area contributed by atoms with E-state index in [0.29, 0.717) is 5.92 Å². The summed E-state index contributed by atoms with van der Waals surface area (Å²) in [6.45, 7) is 4.98. The van der Waals surface area contributed by atoms with Crippen molar-refractivity contribution in [3.05, 3.63) is 42.0 Å². The maximum Gasteiger partial charge on any atom is 0.186 e. The van der Waals surface area contributed by atoms with Gasteiger partial charge < -0.3 is 4.90 Å². The molecule has 0 radical (unpaired) electrons. The summed E-state index contributed by atoms with van der Waals surface area (Å²) in [6.07, 6.45) is 3.96. The molecule has 0 N–H and O–H groups in total. The molecule has 1 aliphatic heterocycles. The van der Waals surface area contributed by atoms with E-state index in [-0.39, 0.29) is 5.82 Å². The van der Waals surface area contributed by atoms with Crippen molar-refractivity contribution in [3.63, 3.8) is 0 Å². The third-order valence-electron chi connectivity index (χ3n) is 3.77. The summed E-state index contributed by atoms with van der Waals surface area (Å²) in [4.78, 5) is 6.83. The van der Waals surface area contributed by atoms with E-state index in [0.717, 1.165) is 35.0 Å². The Kier molecular flexibility index (Phi) is 2.92. The lowest BCUT2D eigenvalue weighted by Gasteiger charge is -2.39. The van der Waals surface area contributed by atoms with E-state index in [4.69, 9.17) is 0 Å². The molecule has 21 heavy (non-hydrogen) atoms. The Labute approximate surface area is 125 Å². The molecule has 0 unspecified atom stereocenters. The number of benzene rings is 1. The number of hydrogen-bond donors (Lipinski definition) is 0. The molecule has 4 rings (SSSR count). The first kappa shape index (κ1) is 12.8. The fourth-order valence-electron chi connectivity index (χ4n) is 2.69. The van der Waals surface area contributed by atoms with Crippen molar-refractivity contribution in [2.24, 2.45) is 5.92 Å². The highest BCUT2D eigenvalue weighted by Crippen LogP contribution is 2.33. The minimum Gasteiger partial charge on any atom is -0.347 e.